The Kier molecular flexibility index (Phi) is 3.87. The summed E-state index contributed by atoms with van der Waals surface area (Å²) in [6, 6.07) is 11.4. The highest BCUT2D eigenvalue weighted by Crippen LogP contribution is 2.21. The minimum atomic E-state index is -3.27. The highest BCUT2D eigenvalue weighted by molar-refractivity contribution is 7.91. The number of aromatic nitrogens is 2. The normalized spacial score (nSPS) is 11.5. The van der Waals surface area contributed by atoms with E-state index in [0.29, 0.717) is 11.3 Å². The van der Waals surface area contributed by atoms with E-state index in [4.69, 9.17) is 0 Å². The maximum Gasteiger partial charge on any atom is 0.255 e. The molecule has 0 aliphatic heterocycles. The minimum absolute atomic E-state index is 0.0281. The zero-order chi connectivity index (χ0) is 16.4. The van der Waals surface area contributed by atoms with Crippen LogP contribution >= 0.6 is 0 Å². The number of rotatable bonds is 4. The monoisotopic (exact) mass is 329 g/mol. The summed E-state index contributed by atoms with van der Waals surface area (Å²) in [4.78, 5) is 12.5. The molecule has 0 fully saturated rings. The van der Waals surface area contributed by atoms with Crippen molar-refractivity contribution >= 4 is 32.3 Å². The van der Waals surface area contributed by atoms with Gasteiger partial charge in [0.05, 0.1) is 28.0 Å². The van der Waals surface area contributed by atoms with Gasteiger partial charge in [-0.1, -0.05) is 19.1 Å². The van der Waals surface area contributed by atoms with Crippen LogP contribution in [0.5, 0.6) is 0 Å². The van der Waals surface area contributed by atoms with Crippen LogP contribution in [-0.4, -0.2) is 30.3 Å². The van der Waals surface area contributed by atoms with E-state index in [0.717, 1.165) is 10.9 Å². The van der Waals surface area contributed by atoms with Gasteiger partial charge >= 0.3 is 0 Å². The molecular formula is C16H15N3O3S. The molecule has 0 atom stereocenters. The molecule has 1 heterocycles. The van der Waals surface area contributed by atoms with Gasteiger partial charge in [0.25, 0.3) is 5.91 Å². The summed E-state index contributed by atoms with van der Waals surface area (Å²) >= 11 is 0. The quantitative estimate of drug-likeness (QED) is 0.769. The van der Waals surface area contributed by atoms with Gasteiger partial charge in [0, 0.05) is 10.9 Å². The molecule has 118 valence electrons. The molecule has 1 amide bonds. The summed E-state index contributed by atoms with van der Waals surface area (Å²) in [6.45, 7) is 1.58. The van der Waals surface area contributed by atoms with Gasteiger partial charge in [0.1, 0.15) is 0 Å². The number of benzene rings is 2. The van der Waals surface area contributed by atoms with E-state index in [1.54, 1.807) is 19.2 Å². The Hall–Kier alpha value is -2.67. The second-order valence-corrected chi connectivity index (χ2v) is 7.30. The number of hydrogen-bond acceptors (Lipinski definition) is 4. The van der Waals surface area contributed by atoms with Gasteiger partial charge in [-0.15, -0.1) is 0 Å². The molecule has 2 N–H and O–H groups in total. The minimum Gasteiger partial charge on any atom is -0.320 e. The number of nitrogens with one attached hydrogen (secondary N) is 2. The van der Waals surface area contributed by atoms with Crippen LogP contribution in [0.1, 0.15) is 17.3 Å². The molecule has 0 spiro atoms. The fraction of sp³-hybridized carbons (Fsp3) is 0.125. The Bertz CT molecular complexity index is 960. The largest absolute Gasteiger partial charge is 0.320 e. The number of para-hydroxylation sites is 1. The van der Waals surface area contributed by atoms with Gasteiger partial charge in [-0.25, -0.2) is 8.42 Å². The summed E-state index contributed by atoms with van der Waals surface area (Å²) in [7, 11) is -3.27. The summed E-state index contributed by atoms with van der Waals surface area (Å²) in [5, 5.41) is 10.5. The number of amides is 1. The first-order valence-electron chi connectivity index (χ1n) is 7.07. The van der Waals surface area contributed by atoms with E-state index < -0.39 is 9.84 Å². The number of carbonyl (C=O) groups excluding carboxylic acids is 1. The lowest BCUT2D eigenvalue weighted by Crippen LogP contribution is -2.12. The van der Waals surface area contributed by atoms with Crippen LogP contribution in [0, 0.1) is 0 Å². The number of H-pyrrole nitrogens is 1. The molecule has 0 radical (unpaired) electrons. The molecule has 3 aromatic rings. The van der Waals surface area contributed by atoms with Gasteiger partial charge in [-0.2, -0.15) is 5.10 Å². The van der Waals surface area contributed by atoms with Gasteiger partial charge in [-0.05, 0) is 30.3 Å². The lowest BCUT2D eigenvalue weighted by Gasteiger charge is -2.07. The highest BCUT2D eigenvalue weighted by atomic mass is 32.2. The summed E-state index contributed by atoms with van der Waals surface area (Å²) in [6.07, 6.45) is 1.68. The smallest absolute Gasteiger partial charge is 0.255 e. The molecule has 0 saturated heterocycles. The predicted molar refractivity (Wildman–Crippen MR) is 88.2 cm³/mol. The van der Waals surface area contributed by atoms with E-state index in [9.17, 15) is 13.2 Å². The molecule has 2 aromatic carbocycles. The van der Waals surface area contributed by atoms with Crippen LogP contribution in [0.25, 0.3) is 10.9 Å². The topological polar surface area (TPSA) is 91.9 Å². The Balaban J connectivity index is 1.85. The first-order chi connectivity index (χ1) is 11.0. The number of fused-ring (bicyclic) bond motifs is 1. The average molecular weight is 329 g/mol. The van der Waals surface area contributed by atoms with E-state index in [1.807, 2.05) is 12.1 Å². The molecular weight excluding hydrogens is 314 g/mol. The zero-order valence-corrected chi connectivity index (χ0v) is 13.2. The zero-order valence-electron chi connectivity index (χ0n) is 12.4. The van der Waals surface area contributed by atoms with Gasteiger partial charge in [-0.3, -0.25) is 9.89 Å². The Morgan fingerprint density at radius 3 is 2.61 bits per heavy atom. The molecule has 1 aromatic heterocycles. The highest BCUT2D eigenvalue weighted by Gasteiger charge is 2.13. The summed E-state index contributed by atoms with van der Waals surface area (Å²) in [5.41, 5.74) is 1.75. The Morgan fingerprint density at radius 2 is 1.91 bits per heavy atom. The van der Waals surface area contributed by atoms with Crippen LogP contribution < -0.4 is 5.32 Å². The maximum atomic E-state index is 12.3. The molecule has 0 aliphatic rings. The number of sulfone groups is 1. The fourth-order valence-electron chi connectivity index (χ4n) is 2.25. The van der Waals surface area contributed by atoms with E-state index in [-0.39, 0.29) is 16.6 Å². The third-order valence-electron chi connectivity index (χ3n) is 3.58. The molecule has 7 heteroatoms. The molecule has 0 saturated carbocycles. The van der Waals surface area contributed by atoms with Crippen molar-refractivity contribution in [2.45, 2.75) is 11.8 Å². The van der Waals surface area contributed by atoms with Crippen molar-refractivity contribution in [3.8, 4) is 0 Å². The second-order valence-electron chi connectivity index (χ2n) is 5.02. The first-order valence-corrected chi connectivity index (χ1v) is 8.73. The van der Waals surface area contributed by atoms with Crippen LogP contribution in [0.4, 0.5) is 5.69 Å². The average Bonchev–Trinajstić information content (AvgIpc) is 3.04. The number of anilines is 1. The van der Waals surface area contributed by atoms with Crippen molar-refractivity contribution < 1.29 is 13.2 Å². The van der Waals surface area contributed by atoms with Crippen LogP contribution in [0.3, 0.4) is 0 Å². The van der Waals surface area contributed by atoms with Crippen LogP contribution in [0.15, 0.2) is 53.6 Å². The van der Waals surface area contributed by atoms with Crippen LogP contribution in [0.2, 0.25) is 0 Å². The van der Waals surface area contributed by atoms with Crippen molar-refractivity contribution in [1.29, 1.82) is 0 Å². The SMILES string of the molecule is CCS(=O)(=O)c1ccc(C(=O)Nc2cccc3cn[nH]c23)cc1. The van der Waals surface area contributed by atoms with Crippen molar-refractivity contribution in [2.75, 3.05) is 11.1 Å². The molecule has 0 unspecified atom stereocenters. The number of nitrogens with zero attached hydrogens (tertiary/aromatic N) is 1. The third kappa shape index (κ3) is 2.95. The van der Waals surface area contributed by atoms with Crippen molar-refractivity contribution in [3.05, 3.63) is 54.2 Å². The predicted octanol–water partition coefficient (Wildman–Crippen LogP) is 2.61. The molecule has 3 rings (SSSR count). The first kappa shape index (κ1) is 15.2. The Morgan fingerprint density at radius 1 is 1.17 bits per heavy atom. The fourth-order valence-corrected chi connectivity index (χ4v) is 3.13. The molecule has 0 bridgehead atoms. The molecule has 0 aliphatic carbocycles. The van der Waals surface area contributed by atoms with Gasteiger partial charge in [0.2, 0.25) is 0 Å². The van der Waals surface area contributed by atoms with Crippen molar-refractivity contribution in [1.82, 2.24) is 10.2 Å². The molecule has 6 nitrogen and oxygen atoms in total. The third-order valence-corrected chi connectivity index (χ3v) is 5.33. The maximum absolute atomic E-state index is 12.3. The second kappa shape index (κ2) is 5.85. The van der Waals surface area contributed by atoms with Crippen molar-refractivity contribution in [2.24, 2.45) is 0 Å². The van der Waals surface area contributed by atoms with Crippen molar-refractivity contribution in [3.63, 3.8) is 0 Å². The molecule has 23 heavy (non-hydrogen) atoms. The Labute approximate surface area is 133 Å². The van der Waals surface area contributed by atoms with E-state index in [2.05, 4.69) is 15.5 Å². The standard InChI is InChI=1S/C16H15N3O3S/c1-2-23(21,22)13-8-6-11(7-9-13)16(20)18-14-5-3-4-12-10-17-19-15(12)14/h3-10H,2H2,1H3,(H,17,19)(H,18,20). The van der Waals surface area contributed by atoms with E-state index in [1.165, 1.54) is 24.3 Å². The summed E-state index contributed by atoms with van der Waals surface area (Å²) < 4.78 is 23.6. The van der Waals surface area contributed by atoms with Gasteiger partial charge in [0.15, 0.2) is 9.84 Å². The van der Waals surface area contributed by atoms with Crippen LogP contribution in [-0.2, 0) is 9.84 Å². The lowest BCUT2D eigenvalue weighted by molar-refractivity contribution is 0.102. The van der Waals surface area contributed by atoms with E-state index >= 15 is 0 Å². The lowest BCUT2D eigenvalue weighted by atomic mass is 10.2. The van der Waals surface area contributed by atoms with Gasteiger partial charge < -0.3 is 5.32 Å². The number of carbonyl (C=O) groups is 1. The number of aromatic amines is 1. The summed E-state index contributed by atoms with van der Waals surface area (Å²) in [5.74, 6) is -0.284. The number of hydrogen-bond donors (Lipinski definition) is 2.